The van der Waals surface area contributed by atoms with Gasteiger partial charge in [0.1, 0.15) is 0 Å². The first-order valence-electron chi connectivity index (χ1n) is 12.9. The molecule has 0 aliphatic carbocycles. The first kappa shape index (κ1) is 35.0. The Morgan fingerprint density at radius 1 is 0.438 bits per heavy atom. The molecule has 0 amide bonds. The van der Waals surface area contributed by atoms with Gasteiger partial charge in [-0.2, -0.15) is 0 Å². The zero-order chi connectivity index (χ0) is 24.9. The fourth-order valence-electron chi connectivity index (χ4n) is 3.17. The van der Waals surface area contributed by atoms with Gasteiger partial charge < -0.3 is 15.3 Å². The first-order valence-corrected chi connectivity index (χ1v) is 12.9. The van der Waals surface area contributed by atoms with Crippen LogP contribution in [0.4, 0.5) is 0 Å². The highest BCUT2D eigenvalue weighted by Crippen LogP contribution is 2.12. The average molecular weight is 461 g/mol. The number of unbranched alkanes of at least 4 members (excludes halogenated alkanes) is 16. The molecule has 0 aliphatic rings. The fraction of sp³-hybridized carbons (Fsp3) is 0.885. The van der Waals surface area contributed by atoms with Crippen molar-refractivity contribution in [3.63, 3.8) is 0 Å². The van der Waals surface area contributed by atoms with Crippen molar-refractivity contribution in [2.45, 2.75) is 149 Å². The van der Waals surface area contributed by atoms with Gasteiger partial charge in [-0.25, -0.2) is 0 Å². The normalized spacial score (nSPS) is 9.84. The van der Waals surface area contributed by atoms with Gasteiger partial charge in [0, 0.05) is 19.8 Å². The average Bonchev–Trinajstić information content (AvgIpc) is 2.71. The van der Waals surface area contributed by atoms with Crippen molar-refractivity contribution in [1.82, 2.24) is 0 Å². The zero-order valence-corrected chi connectivity index (χ0v) is 21.2. The molecule has 0 aromatic rings. The standard InChI is InChI=1S/C16H32O2.C8H16O2.C2H4O2/c1-2-3-4-5-6-7-8-9-10-11-12-13-14-15-16(17)18;1-2-3-4-5-6-7-8(9)10;1-2(3)4/h2-15H2,1H3,(H,17,18);2-7H2,1H3,(H,9,10);1H3,(H,3,4). The molecule has 0 saturated carbocycles. The summed E-state index contributed by atoms with van der Waals surface area (Å²) in [5.41, 5.74) is 0. The summed E-state index contributed by atoms with van der Waals surface area (Å²) in [4.78, 5) is 29.3. The minimum absolute atomic E-state index is 0.337. The topological polar surface area (TPSA) is 112 Å². The van der Waals surface area contributed by atoms with Crippen LogP contribution in [0.2, 0.25) is 0 Å². The van der Waals surface area contributed by atoms with Crippen LogP contribution in [0, 0.1) is 0 Å². The van der Waals surface area contributed by atoms with Crippen LogP contribution in [0.1, 0.15) is 149 Å². The summed E-state index contributed by atoms with van der Waals surface area (Å²) >= 11 is 0. The highest BCUT2D eigenvalue weighted by Gasteiger charge is 1.97. The minimum atomic E-state index is -0.833. The first-order chi connectivity index (χ1) is 15.3. The molecule has 0 aromatic carbocycles. The third kappa shape index (κ3) is 51.2. The molecule has 0 bridgehead atoms. The van der Waals surface area contributed by atoms with Crippen molar-refractivity contribution in [3.8, 4) is 0 Å². The third-order valence-electron chi connectivity index (χ3n) is 4.99. The van der Waals surface area contributed by atoms with Gasteiger partial charge in [0.25, 0.3) is 5.97 Å². The summed E-state index contributed by atoms with van der Waals surface area (Å²) in [6.45, 7) is 5.49. The van der Waals surface area contributed by atoms with E-state index in [4.69, 9.17) is 20.1 Å². The fourth-order valence-corrected chi connectivity index (χ4v) is 3.17. The predicted octanol–water partition coefficient (Wildman–Crippen LogP) is 8.07. The second kappa shape index (κ2) is 31.6. The molecule has 3 N–H and O–H groups in total. The smallest absolute Gasteiger partial charge is 0.303 e. The molecule has 0 rings (SSSR count). The number of hydrogen-bond acceptors (Lipinski definition) is 3. The molecule has 0 aliphatic heterocycles. The molecule has 6 nitrogen and oxygen atoms in total. The van der Waals surface area contributed by atoms with Crippen molar-refractivity contribution in [2.75, 3.05) is 0 Å². The van der Waals surface area contributed by atoms with E-state index in [-0.39, 0.29) is 0 Å². The lowest BCUT2D eigenvalue weighted by Crippen LogP contribution is -1.93. The lowest BCUT2D eigenvalue weighted by Gasteiger charge is -2.02. The molecule has 32 heavy (non-hydrogen) atoms. The maximum atomic E-state index is 10.3. The van der Waals surface area contributed by atoms with Crippen LogP contribution >= 0.6 is 0 Å². The van der Waals surface area contributed by atoms with Gasteiger partial charge in [-0.1, -0.05) is 117 Å². The lowest BCUT2D eigenvalue weighted by molar-refractivity contribution is -0.138. The summed E-state index contributed by atoms with van der Waals surface area (Å²) in [6, 6.07) is 0. The molecule has 0 saturated heterocycles. The minimum Gasteiger partial charge on any atom is -0.481 e. The van der Waals surface area contributed by atoms with E-state index in [1.807, 2.05) is 0 Å². The molecule has 6 heteroatoms. The molecule has 0 radical (unpaired) electrons. The molecular weight excluding hydrogens is 408 g/mol. The van der Waals surface area contributed by atoms with Crippen LogP contribution in [0.3, 0.4) is 0 Å². The summed E-state index contributed by atoms with van der Waals surface area (Å²) in [7, 11) is 0. The summed E-state index contributed by atoms with van der Waals surface area (Å²) in [5, 5.41) is 24.2. The molecule has 0 spiro atoms. The number of carboxylic acids is 3. The van der Waals surface area contributed by atoms with E-state index in [2.05, 4.69) is 13.8 Å². The second-order valence-corrected chi connectivity index (χ2v) is 8.46. The van der Waals surface area contributed by atoms with Gasteiger partial charge in [0.2, 0.25) is 0 Å². The van der Waals surface area contributed by atoms with Crippen molar-refractivity contribution < 1.29 is 29.7 Å². The van der Waals surface area contributed by atoms with Crippen molar-refractivity contribution in [1.29, 1.82) is 0 Å². The number of hydrogen-bond donors (Lipinski definition) is 3. The van der Waals surface area contributed by atoms with Gasteiger partial charge in [-0.15, -0.1) is 0 Å². The zero-order valence-electron chi connectivity index (χ0n) is 21.2. The van der Waals surface area contributed by atoms with E-state index in [1.54, 1.807) is 0 Å². The van der Waals surface area contributed by atoms with E-state index >= 15 is 0 Å². The number of carboxylic acid groups (broad SMARTS) is 3. The molecule has 0 unspecified atom stereocenters. The Morgan fingerprint density at radius 3 is 0.812 bits per heavy atom. The maximum absolute atomic E-state index is 10.3. The van der Waals surface area contributed by atoms with Crippen LogP contribution in [0.15, 0.2) is 0 Å². The van der Waals surface area contributed by atoms with Crippen LogP contribution < -0.4 is 0 Å². The van der Waals surface area contributed by atoms with Crippen molar-refractivity contribution in [2.24, 2.45) is 0 Å². The summed E-state index contributed by atoms with van der Waals surface area (Å²) in [5.74, 6) is -2.16. The largest absolute Gasteiger partial charge is 0.481 e. The van der Waals surface area contributed by atoms with Gasteiger partial charge in [-0.3, -0.25) is 14.4 Å². The molecule has 0 fully saturated rings. The van der Waals surface area contributed by atoms with Crippen LogP contribution in [0.5, 0.6) is 0 Å². The quantitative estimate of drug-likeness (QED) is 0.158. The van der Waals surface area contributed by atoms with E-state index in [0.717, 1.165) is 32.6 Å². The molecule has 192 valence electrons. The Balaban J connectivity index is -0.000000502. The Bertz CT molecular complexity index is 405. The Kier molecular flexibility index (Phi) is 34.6. The van der Waals surface area contributed by atoms with Crippen LogP contribution in [0.25, 0.3) is 0 Å². The van der Waals surface area contributed by atoms with Crippen LogP contribution in [-0.4, -0.2) is 33.2 Å². The Morgan fingerprint density at radius 2 is 0.625 bits per heavy atom. The molecule has 0 aromatic heterocycles. The third-order valence-corrected chi connectivity index (χ3v) is 4.99. The molecular formula is C26H52O6. The predicted molar refractivity (Wildman–Crippen MR) is 132 cm³/mol. The SMILES string of the molecule is CC(=O)O.CCCCCCCC(=O)O.CCCCCCCCCCCCCCCC(=O)O. The van der Waals surface area contributed by atoms with Gasteiger partial charge in [-0.05, 0) is 12.8 Å². The van der Waals surface area contributed by atoms with Gasteiger partial charge >= 0.3 is 11.9 Å². The number of aliphatic carboxylic acids is 3. The van der Waals surface area contributed by atoms with E-state index in [0.29, 0.717) is 12.8 Å². The molecule has 0 atom stereocenters. The van der Waals surface area contributed by atoms with E-state index in [1.165, 1.54) is 89.9 Å². The monoisotopic (exact) mass is 460 g/mol. The van der Waals surface area contributed by atoms with Gasteiger partial charge in [0.05, 0.1) is 0 Å². The second-order valence-electron chi connectivity index (χ2n) is 8.46. The van der Waals surface area contributed by atoms with E-state index < -0.39 is 17.9 Å². The van der Waals surface area contributed by atoms with Crippen molar-refractivity contribution >= 4 is 17.9 Å². The van der Waals surface area contributed by atoms with Crippen molar-refractivity contribution in [3.05, 3.63) is 0 Å². The molecule has 0 heterocycles. The summed E-state index contributed by atoms with van der Waals surface area (Å²) < 4.78 is 0. The lowest BCUT2D eigenvalue weighted by atomic mass is 10.0. The highest BCUT2D eigenvalue weighted by atomic mass is 16.4. The van der Waals surface area contributed by atoms with Gasteiger partial charge in [0.15, 0.2) is 0 Å². The Hall–Kier alpha value is -1.59. The highest BCUT2D eigenvalue weighted by molar-refractivity contribution is 5.66. The van der Waals surface area contributed by atoms with Crippen LogP contribution in [-0.2, 0) is 14.4 Å². The number of rotatable bonds is 20. The number of carbonyl (C=O) groups is 3. The Labute approximate surface area is 197 Å². The summed E-state index contributed by atoms with van der Waals surface area (Å²) in [6.07, 6.45) is 23.2. The maximum Gasteiger partial charge on any atom is 0.303 e. The van der Waals surface area contributed by atoms with E-state index in [9.17, 15) is 9.59 Å².